The van der Waals surface area contributed by atoms with Crippen LogP contribution in [0.25, 0.3) is 0 Å². The molecule has 2 rings (SSSR count). The van der Waals surface area contributed by atoms with Crippen LogP contribution in [-0.2, 0) is 24.8 Å². The number of rotatable bonds is 8. The summed E-state index contributed by atoms with van der Waals surface area (Å²) in [6.07, 6.45) is 0.666. The molecule has 144 valence electrons. The predicted octanol–water partition coefficient (Wildman–Crippen LogP) is 0.0171. The van der Waals surface area contributed by atoms with Crippen LogP contribution in [0.1, 0.15) is 6.42 Å². The number of halogens is 1. The Hall–Kier alpha value is -0.750. The lowest BCUT2D eigenvalue weighted by Crippen LogP contribution is -2.40. The van der Waals surface area contributed by atoms with Gasteiger partial charge in [0.2, 0.25) is 20.0 Å². The third kappa shape index (κ3) is 5.88. The maximum Gasteiger partial charge on any atom is 0.243 e. The van der Waals surface area contributed by atoms with E-state index in [0.717, 1.165) is 0 Å². The molecule has 1 aromatic rings. The Morgan fingerprint density at radius 3 is 2.12 bits per heavy atom. The van der Waals surface area contributed by atoms with E-state index in [9.17, 15) is 16.8 Å². The Morgan fingerprint density at radius 1 is 1.00 bits per heavy atom. The van der Waals surface area contributed by atoms with Crippen LogP contribution in [-0.4, -0.2) is 67.6 Å². The highest BCUT2D eigenvalue weighted by molar-refractivity contribution is 7.89. The van der Waals surface area contributed by atoms with Crippen LogP contribution >= 0.6 is 12.4 Å². The Balaban J connectivity index is 0.00000312. The molecule has 1 aliphatic rings. The van der Waals surface area contributed by atoms with Gasteiger partial charge in [-0.2, -0.15) is 4.31 Å². The molecule has 0 atom stereocenters. The Labute approximate surface area is 155 Å². The molecule has 0 saturated carbocycles. The number of nitrogens with one attached hydrogen (secondary N) is 2. The molecule has 25 heavy (non-hydrogen) atoms. The molecule has 0 unspecified atom stereocenters. The lowest BCUT2D eigenvalue weighted by Gasteiger charge is -2.26. The molecule has 11 heteroatoms. The van der Waals surface area contributed by atoms with Crippen molar-refractivity contribution in [2.75, 3.05) is 46.4 Å². The molecular weight excluding hydrogens is 390 g/mol. The summed E-state index contributed by atoms with van der Waals surface area (Å²) < 4.78 is 58.3. The van der Waals surface area contributed by atoms with E-state index in [0.29, 0.717) is 45.8 Å². The van der Waals surface area contributed by atoms with E-state index in [-0.39, 0.29) is 22.2 Å². The molecule has 0 spiro atoms. The number of hydrogen-bond acceptors (Lipinski definition) is 6. The third-order valence-corrected chi connectivity index (χ3v) is 7.03. The molecule has 0 aromatic heterocycles. The highest BCUT2D eigenvalue weighted by atomic mass is 35.5. The number of benzene rings is 1. The second-order valence-electron chi connectivity index (χ2n) is 5.34. The number of nitrogens with zero attached hydrogens (tertiary/aromatic N) is 1. The maximum atomic E-state index is 12.5. The standard InChI is InChI=1S/C14H23N3O5S2.ClH/c1-15-7-2-8-16-23(18,19)13-3-5-14(6-4-13)24(20,21)17-9-11-22-12-10-17;/h3-6,15-16H,2,7-12H2,1H3;1H. The van der Waals surface area contributed by atoms with E-state index in [1.807, 2.05) is 0 Å². The molecule has 0 bridgehead atoms. The van der Waals surface area contributed by atoms with E-state index in [1.165, 1.54) is 28.6 Å². The van der Waals surface area contributed by atoms with Gasteiger partial charge in [0.05, 0.1) is 23.0 Å². The van der Waals surface area contributed by atoms with Crippen LogP contribution in [0, 0.1) is 0 Å². The van der Waals surface area contributed by atoms with E-state index in [2.05, 4.69) is 10.0 Å². The molecule has 2 N–H and O–H groups in total. The van der Waals surface area contributed by atoms with Crippen LogP contribution < -0.4 is 10.0 Å². The van der Waals surface area contributed by atoms with Crippen molar-refractivity contribution >= 4 is 32.5 Å². The average Bonchev–Trinajstić information content (AvgIpc) is 2.60. The van der Waals surface area contributed by atoms with Crippen LogP contribution in [0.2, 0.25) is 0 Å². The summed E-state index contributed by atoms with van der Waals surface area (Å²) >= 11 is 0. The van der Waals surface area contributed by atoms with Gasteiger partial charge in [0.15, 0.2) is 0 Å². The van der Waals surface area contributed by atoms with Crippen LogP contribution in [0.15, 0.2) is 34.1 Å². The minimum Gasteiger partial charge on any atom is -0.379 e. The van der Waals surface area contributed by atoms with Crippen molar-refractivity contribution in [1.29, 1.82) is 0 Å². The van der Waals surface area contributed by atoms with Gasteiger partial charge in [-0.05, 0) is 44.3 Å². The van der Waals surface area contributed by atoms with Gasteiger partial charge in [0.1, 0.15) is 0 Å². The van der Waals surface area contributed by atoms with Gasteiger partial charge in [-0.3, -0.25) is 0 Å². The lowest BCUT2D eigenvalue weighted by molar-refractivity contribution is 0.0730. The zero-order valence-electron chi connectivity index (χ0n) is 14.0. The molecule has 1 fully saturated rings. The summed E-state index contributed by atoms with van der Waals surface area (Å²) in [5.74, 6) is 0. The highest BCUT2D eigenvalue weighted by Crippen LogP contribution is 2.19. The average molecular weight is 414 g/mol. The van der Waals surface area contributed by atoms with Gasteiger partial charge in [-0.15, -0.1) is 12.4 Å². The Bertz CT molecular complexity index is 732. The fraction of sp³-hybridized carbons (Fsp3) is 0.571. The first-order valence-electron chi connectivity index (χ1n) is 7.70. The van der Waals surface area contributed by atoms with Crippen LogP contribution in [0.5, 0.6) is 0 Å². The number of hydrogen-bond donors (Lipinski definition) is 2. The maximum absolute atomic E-state index is 12.5. The van der Waals surface area contributed by atoms with Crippen molar-refractivity contribution < 1.29 is 21.6 Å². The zero-order chi connectivity index (χ0) is 17.6. The van der Waals surface area contributed by atoms with Gasteiger partial charge in [0, 0.05) is 19.6 Å². The molecule has 1 heterocycles. The van der Waals surface area contributed by atoms with Gasteiger partial charge < -0.3 is 10.1 Å². The summed E-state index contributed by atoms with van der Waals surface area (Å²) in [5.41, 5.74) is 0. The monoisotopic (exact) mass is 413 g/mol. The molecule has 0 aliphatic carbocycles. The molecular formula is C14H24ClN3O5S2. The van der Waals surface area contributed by atoms with Crippen molar-refractivity contribution in [3.8, 4) is 0 Å². The second-order valence-corrected chi connectivity index (χ2v) is 9.05. The highest BCUT2D eigenvalue weighted by Gasteiger charge is 2.26. The molecule has 1 aliphatic heterocycles. The summed E-state index contributed by atoms with van der Waals surface area (Å²) in [5, 5.41) is 2.93. The smallest absolute Gasteiger partial charge is 0.243 e. The zero-order valence-corrected chi connectivity index (χ0v) is 16.4. The second kappa shape index (κ2) is 9.81. The topological polar surface area (TPSA) is 105 Å². The minimum absolute atomic E-state index is 0. The van der Waals surface area contributed by atoms with Crippen molar-refractivity contribution in [2.24, 2.45) is 0 Å². The largest absolute Gasteiger partial charge is 0.379 e. The number of ether oxygens (including phenoxy) is 1. The fourth-order valence-corrected chi connectivity index (χ4v) is 4.76. The van der Waals surface area contributed by atoms with Crippen LogP contribution in [0.3, 0.4) is 0 Å². The quantitative estimate of drug-likeness (QED) is 0.582. The SMILES string of the molecule is CNCCCNS(=O)(=O)c1ccc(S(=O)(=O)N2CCOCC2)cc1.Cl. The van der Waals surface area contributed by atoms with Gasteiger partial charge in [-0.25, -0.2) is 21.6 Å². The molecule has 1 saturated heterocycles. The number of sulfonamides is 2. The van der Waals surface area contributed by atoms with E-state index >= 15 is 0 Å². The van der Waals surface area contributed by atoms with Crippen molar-refractivity contribution in [1.82, 2.24) is 14.3 Å². The lowest BCUT2D eigenvalue weighted by atomic mass is 10.4. The van der Waals surface area contributed by atoms with E-state index in [4.69, 9.17) is 4.74 Å². The van der Waals surface area contributed by atoms with Crippen LogP contribution in [0.4, 0.5) is 0 Å². The van der Waals surface area contributed by atoms with E-state index in [1.54, 1.807) is 7.05 Å². The predicted molar refractivity (Wildman–Crippen MR) is 97.0 cm³/mol. The number of morpholine rings is 1. The van der Waals surface area contributed by atoms with E-state index < -0.39 is 20.0 Å². The van der Waals surface area contributed by atoms with Gasteiger partial charge in [0.25, 0.3) is 0 Å². The molecule has 1 aromatic carbocycles. The van der Waals surface area contributed by atoms with Crippen molar-refractivity contribution in [3.63, 3.8) is 0 Å². The Morgan fingerprint density at radius 2 is 1.56 bits per heavy atom. The molecule has 0 radical (unpaired) electrons. The summed E-state index contributed by atoms with van der Waals surface area (Å²) in [4.78, 5) is 0.131. The van der Waals surface area contributed by atoms with Gasteiger partial charge in [-0.1, -0.05) is 0 Å². The Kier molecular flexibility index (Phi) is 8.75. The first-order valence-corrected chi connectivity index (χ1v) is 10.6. The summed E-state index contributed by atoms with van der Waals surface area (Å²) in [7, 11) is -5.46. The van der Waals surface area contributed by atoms with Gasteiger partial charge >= 0.3 is 0 Å². The first kappa shape index (κ1) is 22.3. The fourth-order valence-electron chi connectivity index (χ4n) is 2.28. The first-order chi connectivity index (χ1) is 11.4. The summed E-state index contributed by atoms with van der Waals surface area (Å²) in [6, 6.07) is 5.28. The normalized spacial score (nSPS) is 16.4. The van der Waals surface area contributed by atoms with Crippen molar-refractivity contribution in [3.05, 3.63) is 24.3 Å². The molecule has 8 nitrogen and oxygen atoms in total. The third-order valence-electron chi connectivity index (χ3n) is 3.64. The van der Waals surface area contributed by atoms with Crippen molar-refractivity contribution in [2.45, 2.75) is 16.2 Å². The molecule has 0 amide bonds. The minimum atomic E-state index is -3.63. The summed E-state index contributed by atoms with van der Waals surface area (Å²) in [6.45, 7) is 2.35.